The maximum Gasteiger partial charge on any atom is 0.337 e. The number of fused-ring (bicyclic) bond motifs is 1. The Morgan fingerprint density at radius 1 is 1.38 bits per heavy atom. The number of ether oxygens (including phenoxy) is 1. The summed E-state index contributed by atoms with van der Waals surface area (Å²) < 4.78 is 5.69. The quantitative estimate of drug-likeness (QED) is 0.790. The van der Waals surface area contributed by atoms with E-state index in [4.69, 9.17) is 10.5 Å². The van der Waals surface area contributed by atoms with E-state index in [-0.39, 0.29) is 5.41 Å². The number of hydrogen-bond acceptors (Lipinski definition) is 4. The molecule has 0 unspecified atom stereocenters. The normalized spacial score (nSPS) is 15.6. The summed E-state index contributed by atoms with van der Waals surface area (Å²) in [5.41, 5.74) is 10.5. The minimum absolute atomic E-state index is 0.140. The van der Waals surface area contributed by atoms with Crippen LogP contribution in [0.2, 0.25) is 0 Å². The number of carboxylic acid groups (broad SMARTS) is 1. The van der Waals surface area contributed by atoms with Crippen molar-refractivity contribution < 1.29 is 14.6 Å². The highest BCUT2D eigenvalue weighted by Crippen LogP contribution is 2.46. The van der Waals surface area contributed by atoms with Crippen LogP contribution in [0, 0.1) is 12.3 Å². The first-order valence-corrected chi connectivity index (χ1v) is 9.93. The van der Waals surface area contributed by atoms with Gasteiger partial charge in [0.1, 0.15) is 5.75 Å². The number of aryl methyl sites for hydroxylation is 2. The van der Waals surface area contributed by atoms with Gasteiger partial charge in [-0.15, -0.1) is 11.3 Å². The first kappa shape index (κ1) is 18.9. The van der Waals surface area contributed by atoms with Crippen molar-refractivity contribution in [2.75, 3.05) is 6.61 Å². The van der Waals surface area contributed by atoms with Gasteiger partial charge < -0.3 is 15.6 Å². The fraction of sp³-hybridized carbons (Fsp3) is 0.476. The summed E-state index contributed by atoms with van der Waals surface area (Å²) in [4.78, 5) is 14.2. The van der Waals surface area contributed by atoms with Gasteiger partial charge in [0.05, 0.1) is 12.2 Å². The van der Waals surface area contributed by atoms with Crippen molar-refractivity contribution in [3.05, 3.63) is 39.3 Å². The lowest BCUT2D eigenvalue weighted by molar-refractivity contribution is 0.0696. The molecule has 0 spiro atoms. The third-order valence-electron chi connectivity index (χ3n) is 5.15. The van der Waals surface area contributed by atoms with E-state index >= 15 is 0 Å². The van der Waals surface area contributed by atoms with E-state index in [1.165, 1.54) is 4.88 Å². The second kappa shape index (κ2) is 7.05. The van der Waals surface area contributed by atoms with Crippen LogP contribution in [0.3, 0.4) is 0 Å². The summed E-state index contributed by atoms with van der Waals surface area (Å²) >= 11 is 1.62. The average molecular weight is 374 g/mol. The van der Waals surface area contributed by atoms with E-state index in [9.17, 15) is 9.90 Å². The van der Waals surface area contributed by atoms with E-state index in [0.717, 1.165) is 52.1 Å². The molecular weight excluding hydrogens is 346 g/mol. The van der Waals surface area contributed by atoms with Gasteiger partial charge in [0.25, 0.3) is 0 Å². The fourth-order valence-electron chi connectivity index (χ4n) is 3.76. The van der Waals surface area contributed by atoms with Crippen LogP contribution in [-0.2, 0) is 19.4 Å². The number of carbonyl (C=O) groups is 1. The number of nitrogens with two attached hydrogens (primary N) is 1. The highest BCUT2D eigenvalue weighted by Gasteiger charge is 2.33. The molecule has 3 rings (SSSR count). The van der Waals surface area contributed by atoms with Gasteiger partial charge >= 0.3 is 5.97 Å². The van der Waals surface area contributed by atoms with E-state index in [0.29, 0.717) is 18.7 Å². The van der Waals surface area contributed by atoms with E-state index < -0.39 is 5.97 Å². The largest absolute Gasteiger partial charge is 0.494 e. The monoisotopic (exact) mass is 373 g/mol. The summed E-state index contributed by atoms with van der Waals surface area (Å²) in [6, 6.07) is 3.99. The molecule has 2 aromatic rings. The lowest BCUT2D eigenvalue weighted by Gasteiger charge is -2.29. The standard InChI is InChI=1S/C21H27NO3S/c1-5-25-16-9-13(11-22)14(8-12(16)2)19-18(20(23)24)15-10-21(3,4)7-6-17(15)26-19/h8-9H,5-7,10-11,22H2,1-4H3,(H,23,24). The summed E-state index contributed by atoms with van der Waals surface area (Å²) in [6.45, 7) is 9.31. The third-order valence-corrected chi connectivity index (χ3v) is 6.48. The van der Waals surface area contributed by atoms with Gasteiger partial charge in [-0.1, -0.05) is 13.8 Å². The Morgan fingerprint density at radius 3 is 2.73 bits per heavy atom. The molecule has 0 saturated heterocycles. The van der Waals surface area contributed by atoms with Gasteiger partial charge in [-0.3, -0.25) is 0 Å². The molecule has 5 heteroatoms. The maximum absolute atomic E-state index is 12.1. The van der Waals surface area contributed by atoms with Gasteiger partial charge in [0.15, 0.2) is 0 Å². The molecule has 0 fully saturated rings. The number of carboxylic acids is 1. The smallest absolute Gasteiger partial charge is 0.337 e. The molecule has 4 nitrogen and oxygen atoms in total. The first-order valence-electron chi connectivity index (χ1n) is 9.12. The zero-order chi connectivity index (χ0) is 19.1. The number of aromatic carboxylic acids is 1. The summed E-state index contributed by atoms with van der Waals surface area (Å²) in [7, 11) is 0. The van der Waals surface area contributed by atoms with Crippen LogP contribution in [0.5, 0.6) is 5.75 Å². The third kappa shape index (κ3) is 3.38. The SMILES string of the molecule is CCOc1cc(CN)c(-c2sc3c(c2C(=O)O)CC(C)(C)CC3)cc1C. The van der Waals surface area contributed by atoms with Gasteiger partial charge in [0.2, 0.25) is 0 Å². The predicted octanol–water partition coefficient (Wildman–Crippen LogP) is 4.79. The van der Waals surface area contributed by atoms with E-state index in [1.54, 1.807) is 11.3 Å². The second-order valence-corrected chi connectivity index (χ2v) is 8.87. The van der Waals surface area contributed by atoms with Crippen molar-refractivity contribution in [3.63, 3.8) is 0 Å². The molecule has 0 atom stereocenters. The minimum atomic E-state index is -0.843. The molecule has 0 amide bonds. The zero-order valence-electron chi connectivity index (χ0n) is 15.9. The van der Waals surface area contributed by atoms with Crippen LogP contribution in [0.4, 0.5) is 0 Å². The summed E-state index contributed by atoms with van der Waals surface area (Å²) in [5.74, 6) is -0.0271. The maximum atomic E-state index is 12.1. The molecule has 26 heavy (non-hydrogen) atoms. The van der Waals surface area contributed by atoms with Gasteiger partial charge in [0, 0.05) is 16.3 Å². The molecule has 1 heterocycles. The molecule has 1 aliphatic rings. The van der Waals surface area contributed by atoms with Crippen LogP contribution in [0.1, 0.15) is 59.1 Å². The van der Waals surface area contributed by atoms with Crippen LogP contribution in [0.15, 0.2) is 12.1 Å². The second-order valence-electron chi connectivity index (χ2n) is 7.77. The van der Waals surface area contributed by atoms with Gasteiger partial charge in [-0.05, 0) is 72.9 Å². The van der Waals surface area contributed by atoms with Crippen molar-refractivity contribution in [2.45, 2.75) is 53.5 Å². The fourth-order valence-corrected chi connectivity index (χ4v) is 5.12. The van der Waals surface area contributed by atoms with Crippen LogP contribution in [0.25, 0.3) is 10.4 Å². The molecule has 1 aromatic carbocycles. The Bertz CT molecular complexity index is 851. The molecule has 3 N–H and O–H groups in total. The van der Waals surface area contributed by atoms with Crippen LogP contribution >= 0.6 is 11.3 Å². The lowest BCUT2D eigenvalue weighted by Crippen LogP contribution is -2.22. The summed E-state index contributed by atoms with van der Waals surface area (Å²) in [6.07, 6.45) is 2.85. The Kier molecular flexibility index (Phi) is 5.13. The van der Waals surface area contributed by atoms with Gasteiger partial charge in [-0.25, -0.2) is 4.79 Å². The van der Waals surface area contributed by atoms with Crippen molar-refractivity contribution in [3.8, 4) is 16.2 Å². The van der Waals surface area contributed by atoms with Crippen LogP contribution < -0.4 is 10.5 Å². The zero-order valence-corrected chi connectivity index (χ0v) is 16.8. The molecule has 0 radical (unpaired) electrons. The number of hydrogen-bond donors (Lipinski definition) is 2. The number of benzene rings is 1. The predicted molar refractivity (Wildman–Crippen MR) is 106 cm³/mol. The molecule has 1 aromatic heterocycles. The van der Waals surface area contributed by atoms with Crippen molar-refractivity contribution in [1.29, 1.82) is 0 Å². The average Bonchev–Trinajstić information content (AvgIpc) is 2.93. The van der Waals surface area contributed by atoms with Crippen LogP contribution in [-0.4, -0.2) is 17.7 Å². The first-order chi connectivity index (χ1) is 12.3. The van der Waals surface area contributed by atoms with Crippen molar-refractivity contribution in [1.82, 2.24) is 0 Å². The highest BCUT2D eigenvalue weighted by molar-refractivity contribution is 7.16. The van der Waals surface area contributed by atoms with Crippen molar-refractivity contribution in [2.24, 2.45) is 11.1 Å². The molecule has 0 saturated carbocycles. The number of thiophene rings is 1. The van der Waals surface area contributed by atoms with E-state index in [2.05, 4.69) is 13.8 Å². The Labute approximate surface area is 159 Å². The Balaban J connectivity index is 2.20. The van der Waals surface area contributed by atoms with E-state index in [1.807, 2.05) is 26.0 Å². The molecule has 140 valence electrons. The molecule has 0 bridgehead atoms. The minimum Gasteiger partial charge on any atom is -0.494 e. The Morgan fingerprint density at radius 2 is 2.12 bits per heavy atom. The summed E-state index contributed by atoms with van der Waals surface area (Å²) in [5, 5.41) is 9.96. The topological polar surface area (TPSA) is 72.5 Å². The molecular formula is C21H27NO3S. The Hall–Kier alpha value is -1.85. The molecule has 1 aliphatic carbocycles. The van der Waals surface area contributed by atoms with Gasteiger partial charge in [-0.2, -0.15) is 0 Å². The van der Waals surface area contributed by atoms with Crippen molar-refractivity contribution >= 4 is 17.3 Å². The number of rotatable bonds is 5. The lowest BCUT2D eigenvalue weighted by atomic mass is 9.76. The highest BCUT2D eigenvalue weighted by atomic mass is 32.1. The molecule has 0 aliphatic heterocycles.